The molecule has 0 amide bonds. The summed E-state index contributed by atoms with van der Waals surface area (Å²) in [6.45, 7) is 1.43. The first kappa shape index (κ1) is 14.6. The molecule has 1 unspecified atom stereocenters. The molecule has 1 aromatic carbocycles. The quantitative estimate of drug-likeness (QED) is 0.877. The van der Waals surface area contributed by atoms with E-state index in [1.54, 1.807) is 49.6 Å². The first-order valence-electron chi connectivity index (χ1n) is 6.15. The molecule has 106 valence electrons. The number of aromatic nitrogens is 1. The second kappa shape index (κ2) is 6.13. The molecule has 5 nitrogen and oxygen atoms in total. The maximum atomic E-state index is 12.4. The zero-order valence-corrected chi connectivity index (χ0v) is 11.8. The van der Waals surface area contributed by atoms with Gasteiger partial charge in [0.1, 0.15) is 0 Å². The highest BCUT2D eigenvalue weighted by atomic mass is 32.2. The van der Waals surface area contributed by atoms with Crippen LogP contribution in [0.4, 0.5) is 0 Å². The number of nitrogens with one attached hydrogen (secondary N) is 1. The largest absolute Gasteiger partial charge is 0.392 e. The Hall–Kier alpha value is -1.76. The number of nitrogens with zero attached hydrogens (tertiary/aromatic N) is 1. The molecule has 0 aliphatic carbocycles. The Balaban J connectivity index is 2.28. The van der Waals surface area contributed by atoms with Crippen LogP contribution in [0.1, 0.15) is 24.1 Å². The van der Waals surface area contributed by atoms with Gasteiger partial charge in [-0.15, -0.1) is 0 Å². The van der Waals surface area contributed by atoms with Crippen molar-refractivity contribution in [3.05, 3.63) is 59.9 Å². The SMILES string of the molecule is CC(NS(=O)(=O)c1ccccc1CO)c1cccnc1. The maximum absolute atomic E-state index is 12.4. The molecule has 0 saturated carbocycles. The monoisotopic (exact) mass is 292 g/mol. The Morgan fingerprint density at radius 3 is 2.65 bits per heavy atom. The number of rotatable bonds is 5. The van der Waals surface area contributed by atoms with Gasteiger partial charge in [-0.05, 0) is 30.2 Å². The first-order chi connectivity index (χ1) is 9.54. The van der Waals surface area contributed by atoms with Crippen molar-refractivity contribution in [2.24, 2.45) is 0 Å². The van der Waals surface area contributed by atoms with E-state index in [1.807, 2.05) is 0 Å². The molecule has 0 saturated heterocycles. The molecule has 0 fully saturated rings. The zero-order valence-electron chi connectivity index (χ0n) is 11.0. The molecule has 0 bridgehead atoms. The van der Waals surface area contributed by atoms with Gasteiger partial charge in [0.15, 0.2) is 0 Å². The standard InChI is InChI=1S/C14H16N2O3S/c1-11(12-6-4-8-15-9-12)16-20(18,19)14-7-3-2-5-13(14)10-17/h2-9,11,16-17H,10H2,1H3. The fourth-order valence-corrected chi connectivity index (χ4v) is 3.36. The van der Waals surface area contributed by atoms with Gasteiger partial charge in [0.05, 0.1) is 11.5 Å². The van der Waals surface area contributed by atoms with E-state index in [-0.39, 0.29) is 11.5 Å². The highest BCUT2D eigenvalue weighted by Gasteiger charge is 2.20. The van der Waals surface area contributed by atoms with Crippen LogP contribution in [0.2, 0.25) is 0 Å². The van der Waals surface area contributed by atoms with Crippen LogP contribution in [-0.4, -0.2) is 18.5 Å². The van der Waals surface area contributed by atoms with Gasteiger partial charge >= 0.3 is 0 Å². The average Bonchev–Trinajstić information content (AvgIpc) is 2.47. The van der Waals surface area contributed by atoms with Crippen molar-refractivity contribution in [2.45, 2.75) is 24.5 Å². The molecule has 0 spiro atoms. The molecular weight excluding hydrogens is 276 g/mol. The van der Waals surface area contributed by atoms with Crippen LogP contribution in [0, 0.1) is 0 Å². The van der Waals surface area contributed by atoms with E-state index in [0.717, 1.165) is 5.56 Å². The Kier molecular flexibility index (Phi) is 4.49. The van der Waals surface area contributed by atoms with Gasteiger partial charge in [0, 0.05) is 18.4 Å². The summed E-state index contributed by atoms with van der Waals surface area (Å²) in [7, 11) is -3.69. The summed E-state index contributed by atoms with van der Waals surface area (Å²) in [5, 5.41) is 9.23. The minimum atomic E-state index is -3.69. The summed E-state index contributed by atoms with van der Waals surface area (Å²) in [6, 6.07) is 9.53. The van der Waals surface area contributed by atoms with Gasteiger partial charge in [-0.2, -0.15) is 0 Å². The van der Waals surface area contributed by atoms with Crippen LogP contribution in [0.3, 0.4) is 0 Å². The second-order valence-electron chi connectivity index (χ2n) is 4.40. The highest BCUT2D eigenvalue weighted by Crippen LogP contribution is 2.19. The molecule has 20 heavy (non-hydrogen) atoms. The van der Waals surface area contributed by atoms with Gasteiger partial charge in [-0.3, -0.25) is 4.98 Å². The van der Waals surface area contributed by atoms with Gasteiger partial charge in [0.25, 0.3) is 0 Å². The molecule has 1 atom stereocenters. The van der Waals surface area contributed by atoms with E-state index in [2.05, 4.69) is 9.71 Å². The van der Waals surface area contributed by atoms with Crippen molar-refractivity contribution in [3.63, 3.8) is 0 Å². The maximum Gasteiger partial charge on any atom is 0.241 e. The van der Waals surface area contributed by atoms with Crippen LogP contribution >= 0.6 is 0 Å². The van der Waals surface area contributed by atoms with Crippen LogP contribution in [0.25, 0.3) is 0 Å². The molecular formula is C14H16N2O3S. The molecule has 1 heterocycles. The van der Waals surface area contributed by atoms with Crippen molar-refractivity contribution >= 4 is 10.0 Å². The number of sulfonamides is 1. The third-order valence-electron chi connectivity index (χ3n) is 2.95. The van der Waals surface area contributed by atoms with E-state index in [4.69, 9.17) is 0 Å². The summed E-state index contributed by atoms with van der Waals surface area (Å²) in [5.41, 5.74) is 1.15. The van der Waals surface area contributed by atoms with E-state index >= 15 is 0 Å². The summed E-state index contributed by atoms with van der Waals surface area (Å²) in [4.78, 5) is 4.06. The summed E-state index contributed by atoms with van der Waals surface area (Å²) < 4.78 is 27.3. The van der Waals surface area contributed by atoms with Gasteiger partial charge in [-0.1, -0.05) is 24.3 Å². The highest BCUT2D eigenvalue weighted by molar-refractivity contribution is 7.89. The fraction of sp³-hybridized carbons (Fsp3) is 0.214. The average molecular weight is 292 g/mol. The molecule has 2 rings (SSSR count). The number of hydrogen-bond donors (Lipinski definition) is 2. The number of benzene rings is 1. The molecule has 0 aliphatic rings. The van der Waals surface area contributed by atoms with Crippen LogP contribution in [0.5, 0.6) is 0 Å². The number of pyridine rings is 1. The lowest BCUT2D eigenvalue weighted by Crippen LogP contribution is -2.27. The predicted molar refractivity (Wildman–Crippen MR) is 75.3 cm³/mol. The Labute approximate surface area is 118 Å². The minimum absolute atomic E-state index is 0.0956. The van der Waals surface area contributed by atoms with Crippen LogP contribution in [-0.2, 0) is 16.6 Å². The summed E-state index contributed by atoms with van der Waals surface area (Å²) in [5.74, 6) is 0. The second-order valence-corrected chi connectivity index (χ2v) is 6.08. The van der Waals surface area contributed by atoms with Crippen molar-refractivity contribution < 1.29 is 13.5 Å². The molecule has 0 radical (unpaired) electrons. The Bertz CT molecular complexity index is 672. The number of hydrogen-bond acceptors (Lipinski definition) is 4. The third-order valence-corrected chi connectivity index (χ3v) is 4.59. The minimum Gasteiger partial charge on any atom is -0.392 e. The van der Waals surface area contributed by atoms with E-state index < -0.39 is 16.1 Å². The molecule has 6 heteroatoms. The van der Waals surface area contributed by atoms with E-state index in [1.165, 1.54) is 6.07 Å². The summed E-state index contributed by atoms with van der Waals surface area (Å²) >= 11 is 0. The molecule has 0 aliphatic heterocycles. The molecule has 2 N–H and O–H groups in total. The number of aliphatic hydroxyl groups excluding tert-OH is 1. The first-order valence-corrected chi connectivity index (χ1v) is 7.64. The van der Waals surface area contributed by atoms with E-state index in [0.29, 0.717) is 5.56 Å². The van der Waals surface area contributed by atoms with Gasteiger partial charge in [0.2, 0.25) is 10.0 Å². The van der Waals surface area contributed by atoms with Crippen LogP contribution in [0.15, 0.2) is 53.7 Å². The normalized spacial score (nSPS) is 13.1. The van der Waals surface area contributed by atoms with Crippen LogP contribution < -0.4 is 4.72 Å². The number of aliphatic hydroxyl groups is 1. The van der Waals surface area contributed by atoms with E-state index in [9.17, 15) is 13.5 Å². The van der Waals surface area contributed by atoms with Crippen molar-refractivity contribution in [1.29, 1.82) is 0 Å². The molecule has 2 aromatic rings. The third kappa shape index (κ3) is 3.22. The topological polar surface area (TPSA) is 79.3 Å². The Morgan fingerprint density at radius 2 is 2.00 bits per heavy atom. The molecule has 1 aromatic heterocycles. The lowest BCUT2D eigenvalue weighted by atomic mass is 10.2. The predicted octanol–water partition coefficient (Wildman–Crippen LogP) is 1.61. The zero-order chi connectivity index (χ0) is 14.6. The van der Waals surface area contributed by atoms with Gasteiger partial charge < -0.3 is 5.11 Å². The summed E-state index contributed by atoms with van der Waals surface area (Å²) in [6.07, 6.45) is 3.25. The lowest BCUT2D eigenvalue weighted by Gasteiger charge is -2.15. The van der Waals surface area contributed by atoms with Crippen molar-refractivity contribution in [1.82, 2.24) is 9.71 Å². The fourth-order valence-electron chi connectivity index (χ4n) is 1.89. The Morgan fingerprint density at radius 1 is 1.25 bits per heavy atom. The van der Waals surface area contributed by atoms with Gasteiger partial charge in [-0.25, -0.2) is 13.1 Å². The van der Waals surface area contributed by atoms with Crippen molar-refractivity contribution in [3.8, 4) is 0 Å². The lowest BCUT2D eigenvalue weighted by molar-refractivity contribution is 0.278. The van der Waals surface area contributed by atoms with Crippen molar-refractivity contribution in [2.75, 3.05) is 0 Å². The smallest absolute Gasteiger partial charge is 0.241 e.